The number of carboxylic acids is 1. The zero-order chi connectivity index (χ0) is 19.8. The van der Waals surface area contributed by atoms with Crippen LogP contribution in [0.4, 0.5) is 5.69 Å². The molecule has 0 spiro atoms. The van der Waals surface area contributed by atoms with E-state index in [0.717, 1.165) is 10.8 Å². The minimum Gasteiger partial charge on any atom is -0.477 e. The number of carbonyl (C=O) groups excluding carboxylic acids is 1. The number of carboxylic acid groups (broad SMARTS) is 1. The maximum Gasteiger partial charge on any atom is 0.352 e. The van der Waals surface area contributed by atoms with Gasteiger partial charge in [0.05, 0.1) is 11.7 Å². The Morgan fingerprint density at radius 1 is 1.11 bits per heavy atom. The van der Waals surface area contributed by atoms with Gasteiger partial charge in [-0.2, -0.15) is 0 Å². The van der Waals surface area contributed by atoms with E-state index < -0.39 is 18.0 Å². The molecular weight excluding hydrogens is 380 g/mol. The molecule has 0 saturated heterocycles. The molecular formula is C20H15ClN4O3. The molecule has 2 heterocycles. The second kappa shape index (κ2) is 6.86. The molecule has 28 heavy (non-hydrogen) atoms. The highest BCUT2D eigenvalue weighted by atomic mass is 35.5. The molecule has 8 heteroatoms. The van der Waals surface area contributed by atoms with Gasteiger partial charge in [-0.05, 0) is 23.6 Å². The number of aromatic carboxylic acids is 1. The van der Waals surface area contributed by atoms with E-state index in [9.17, 15) is 14.7 Å². The highest BCUT2D eigenvalue weighted by molar-refractivity contribution is 6.30. The van der Waals surface area contributed by atoms with Gasteiger partial charge in [-0.15, -0.1) is 0 Å². The molecule has 1 amide bonds. The Balaban J connectivity index is 1.90. The molecule has 0 radical (unpaired) electrons. The quantitative estimate of drug-likeness (QED) is 0.447. The first kappa shape index (κ1) is 17.8. The van der Waals surface area contributed by atoms with Gasteiger partial charge in [-0.25, -0.2) is 9.78 Å². The van der Waals surface area contributed by atoms with E-state index in [1.165, 1.54) is 22.9 Å². The van der Waals surface area contributed by atoms with Crippen LogP contribution in [0.3, 0.4) is 0 Å². The van der Waals surface area contributed by atoms with E-state index >= 15 is 0 Å². The number of rotatable bonds is 5. The summed E-state index contributed by atoms with van der Waals surface area (Å²) >= 11 is 5.92. The van der Waals surface area contributed by atoms with Gasteiger partial charge in [0.25, 0.3) is 5.91 Å². The van der Waals surface area contributed by atoms with Crippen molar-refractivity contribution in [2.75, 3.05) is 5.32 Å². The Morgan fingerprint density at radius 2 is 1.86 bits per heavy atom. The molecule has 7 nitrogen and oxygen atoms in total. The van der Waals surface area contributed by atoms with Crippen LogP contribution in [0.15, 0.2) is 60.8 Å². The SMILES string of the molecule is NC(=O)C(Nc1cccc2ccccc12)n1c(C(=O)O)cc2cc(Cl)ncc21. The van der Waals surface area contributed by atoms with Gasteiger partial charge in [-0.1, -0.05) is 48.0 Å². The number of amides is 1. The highest BCUT2D eigenvalue weighted by Gasteiger charge is 2.26. The van der Waals surface area contributed by atoms with Crippen LogP contribution >= 0.6 is 11.6 Å². The lowest BCUT2D eigenvalue weighted by Gasteiger charge is -2.22. The fraction of sp³-hybridized carbons (Fsp3) is 0.0500. The van der Waals surface area contributed by atoms with Crippen molar-refractivity contribution in [3.63, 3.8) is 0 Å². The van der Waals surface area contributed by atoms with Crippen molar-refractivity contribution in [2.45, 2.75) is 6.17 Å². The van der Waals surface area contributed by atoms with Crippen molar-refractivity contribution in [2.24, 2.45) is 5.73 Å². The predicted octanol–water partition coefficient (Wildman–Crippen LogP) is 3.64. The second-order valence-corrected chi connectivity index (χ2v) is 6.63. The molecule has 0 aliphatic rings. The third kappa shape index (κ3) is 3.01. The fourth-order valence-corrected chi connectivity index (χ4v) is 3.47. The van der Waals surface area contributed by atoms with Gasteiger partial charge >= 0.3 is 5.97 Å². The van der Waals surface area contributed by atoms with E-state index in [4.69, 9.17) is 17.3 Å². The smallest absolute Gasteiger partial charge is 0.352 e. The molecule has 4 rings (SSSR count). The van der Waals surface area contributed by atoms with Crippen molar-refractivity contribution in [1.29, 1.82) is 0 Å². The number of halogens is 1. The maximum atomic E-state index is 12.3. The summed E-state index contributed by atoms with van der Waals surface area (Å²) in [5, 5.41) is 15.4. The lowest BCUT2D eigenvalue weighted by molar-refractivity contribution is -0.120. The number of primary amides is 1. The molecule has 1 unspecified atom stereocenters. The fourth-order valence-electron chi connectivity index (χ4n) is 3.30. The number of hydrogen-bond donors (Lipinski definition) is 3. The molecule has 2 aromatic carbocycles. The largest absolute Gasteiger partial charge is 0.477 e. The van der Waals surface area contributed by atoms with E-state index in [2.05, 4.69) is 10.3 Å². The topological polar surface area (TPSA) is 110 Å². The lowest BCUT2D eigenvalue weighted by Crippen LogP contribution is -2.34. The summed E-state index contributed by atoms with van der Waals surface area (Å²) in [5.74, 6) is -1.93. The van der Waals surface area contributed by atoms with E-state index in [1.54, 1.807) is 6.07 Å². The molecule has 1 atom stereocenters. The predicted molar refractivity (Wildman–Crippen MR) is 108 cm³/mol. The van der Waals surface area contributed by atoms with Crippen molar-refractivity contribution in [3.05, 3.63) is 71.6 Å². The van der Waals surface area contributed by atoms with Crippen molar-refractivity contribution < 1.29 is 14.7 Å². The van der Waals surface area contributed by atoms with Crippen LogP contribution in [0.5, 0.6) is 0 Å². The number of aromatic nitrogens is 2. The molecule has 0 aliphatic heterocycles. The third-order valence-corrected chi connectivity index (χ3v) is 4.73. The van der Waals surface area contributed by atoms with E-state index in [-0.39, 0.29) is 10.8 Å². The molecule has 140 valence electrons. The Labute approximate surface area is 164 Å². The number of fused-ring (bicyclic) bond motifs is 2. The summed E-state index contributed by atoms with van der Waals surface area (Å²) < 4.78 is 1.32. The minimum atomic E-state index is -1.20. The summed E-state index contributed by atoms with van der Waals surface area (Å²) in [6, 6.07) is 16.2. The number of nitrogens with zero attached hydrogens (tertiary/aromatic N) is 2. The number of nitrogens with two attached hydrogens (primary N) is 1. The average Bonchev–Trinajstić information content (AvgIpc) is 3.04. The molecule has 0 saturated carbocycles. The molecule has 4 N–H and O–H groups in total. The van der Waals surface area contributed by atoms with Gasteiger partial charge in [0, 0.05) is 16.5 Å². The van der Waals surface area contributed by atoms with Gasteiger partial charge in [0.15, 0.2) is 6.17 Å². The minimum absolute atomic E-state index is 0.101. The van der Waals surface area contributed by atoms with E-state index in [1.807, 2.05) is 36.4 Å². The van der Waals surface area contributed by atoms with Gasteiger partial charge in [0.1, 0.15) is 10.8 Å². The van der Waals surface area contributed by atoms with Crippen LogP contribution in [0.1, 0.15) is 16.7 Å². The van der Waals surface area contributed by atoms with Crippen LogP contribution in [-0.2, 0) is 4.79 Å². The van der Waals surface area contributed by atoms with Crippen molar-refractivity contribution in [3.8, 4) is 0 Å². The van der Waals surface area contributed by atoms with Gasteiger partial charge in [0.2, 0.25) is 0 Å². The normalized spacial score (nSPS) is 12.2. The zero-order valence-electron chi connectivity index (χ0n) is 14.5. The monoisotopic (exact) mass is 394 g/mol. The van der Waals surface area contributed by atoms with Gasteiger partial charge in [-0.3, -0.25) is 4.79 Å². The summed E-state index contributed by atoms with van der Waals surface area (Å²) in [5.41, 5.74) is 6.63. The summed E-state index contributed by atoms with van der Waals surface area (Å²) in [6.07, 6.45) is 0.280. The first-order chi connectivity index (χ1) is 13.5. The first-order valence-electron chi connectivity index (χ1n) is 8.39. The number of anilines is 1. The van der Waals surface area contributed by atoms with Gasteiger partial charge < -0.3 is 20.7 Å². The molecule has 0 aliphatic carbocycles. The van der Waals surface area contributed by atoms with Crippen LogP contribution in [-0.4, -0.2) is 26.5 Å². The Kier molecular flexibility index (Phi) is 4.37. The second-order valence-electron chi connectivity index (χ2n) is 6.25. The molecule has 2 aromatic heterocycles. The number of carbonyl (C=O) groups is 2. The molecule has 4 aromatic rings. The van der Waals surface area contributed by atoms with Crippen molar-refractivity contribution >= 4 is 50.8 Å². The highest BCUT2D eigenvalue weighted by Crippen LogP contribution is 2.29. The number of benzene rings is 2. The summed E-state index contributed by atoms with van der Waals surface area (Å²) in [6.45, 7) is 0. The summed E-state index contributed by atoms with van der Waals surface area (Å²) in [7, 11) is 0. The number of hydrogen-bond acceptors (Lipinski definition) is 4. The maximum absolute atomic E-state index is 12.3. The average molecular weight is 395 g/mol. The Bertz CT molecular complexity index is 1230. The number of nitrogens with one attached hydrogen (secondary N) is 1. The zero-order valence-corrected chi connectivity index (χ0v) is 15.2. The standard InChI is InChI=1S/C20H15ClN4O3/c21-17-9-12-8-15(20(27)28)25(16(12)10-23-17)19(18(22)26)24-14-7-3-5-11-4-1-2-6-13(11)14/h1-10,19,24H,(H2,22,26)(H,27,28). The van der Waals surface area contributed by atoms with Crippen LogP contribution < -0.4 is 11.1 Å². The molecule has 0 fully saturated rings. The van der Waals surface area contributed by atoms with Crippen LogP contribution in [0.2, 0.25) is 5.15 Å². The number of pyridine rings is 1. The van der Waals surface area contributed by atoms with E-state index in [0.29, 0.717) is 16.6 Å². The Morgan fingerprint density at radius 3 is 2.61 bits per heavy atom. The molecule has 0 bridgehead atoms. The summed E-state index contributed by atoms with van der Waals surface area (Å²) in [4.78, 5) is 28.1. The van der Waals surface area contributed by atoms with Crippen molar-refractivity contribution in [1.82, 2.24) is 9.55 Å². The first-order valence-corrected chi connectivity index (χ1v) is 8.77. The lowest BCUT2D eigenvalue weighted by atomic mass is 10.1. The van der Waals surface area contributed by atoms with Crippen LogP contribution in [0, 0.1) is 0 Å². The van der Waals surface area contributed by atoms with Crippen LogP contribution in [0.25, 0.3) is 21.7 Å². The Hall–Kier alpha value is -3.58. The third-order valence-electron chi connectivity index (χ3n) is 4.52.